The van der Waals surface area contributed by atoms with Crippen LogP contribution in [0.15, 0.2) is 36.8 Å². The van der Waals surface area contributed by atoms with Gasteiger partial charge in [0.15, 0.2) is 0 Å². The van der Waals surface area contributed by atoms with Crippen molar-refractivity contribution in [3.63, 3.8) is 0 Å². The molecule has 0 radical (unpaired) electrons. The van der Waals surface area contributed by atoms with Gasteiger partial charge in [-0.05, 0) is 18.2 Å². The van der Waals surface area contributed by atoms with Crippen LogP contribution >= 0.6 is 11.6 Å². The summed E-state index contributed by atoms with van der Waals surface area (Å²) < 4.78 is 1.98. The molecule has 20 heavy (non-hydrogen) atoms. The van der Waals surface area contributed by atoms with E-state index in [1.165, 1.54) is 6.20 Å². The smallest absolute Gasteiger partial charge is 0.250 e. The molecule has 0 aliphatic rings. The highest BCUT2D eigenvalue weighted by Crippen LogP contribution is 2.27. The van der Waals surface area contributed by atoms with Crippen molar-refractivity contribution in [1.29, 1.82) is 0 Å². The van der Waals surface area contributed by atoms with E-state index in [1.54, 1.807) is 24.5 Å². The number of halogens is 1. The zero-order chi connectivity index (χ0) is 14.3. The molecule has 0 spiro atoms. The Morgan fingerprint density at radius 1 is 1.25 bits per heavy atom. The Morgan fingerprint density at radius 2 is 2.05 bits per heavy atom. The van der Waals surface area contributed by atoms with E-state index >= 15 is 0 Å². The SMILES string of the molecule is Cn1c(-c2cncc(C(N)=O)c2)cc2cnc(Cl)cc21. The van der Waals surface area contributed by atoms with Crippen molar-refractivity contribution in [2.45, 2.75) is 0 Å². The summed E-state index contributed by atoms with van der Waals surface area (Å²) in [5.74, 6) is -0.497. The first kappa shape index (κ1) is 12.6. The van der Waals surface area contributed by atoms with Crippen LogP contribution in [0.4, 0.5) is 0 Å². The number of primary amides is 1. The number of nitrogens with two attached hydrogens (primary N) is 1. The quantitative estimate of drug-likeness (QED) is 0.735. The van der Waals surface area contributed by atoms with Crippen LogP contribution in [0.25, 0.3) is 22.2 Å². The second-order valence-corrected chi connectivity index (χ2v) is 4.87. The summed E-state index contributed by atoms with van der Waals surface area (Å²) in [4.78, 5) is 19.4. The van der Waals surface area contributed by atoms with E-state index in [1.807, 2.05) is 17.7 Å². The Balaban J connectivity index is 2.22. The van der Waals surface area contributed by atoms with Crippen molar-refractivity contribution < 1.29 is 4.79 Å². The average molecular weight is 287 g/mol. The number of hydrogen-bond acceptors (Lipinski definition) is 3. The summed E-state index contributed by atoms with van der Waals surface area (Å²) in [6, 6.07) is 5.49. The minimum Gasteiger partial charge on any atom is -0.366 e. The normalized spacial score (nSPS) is 10.9. The number of amides is 1. The van der Waals surface area contributed by atoms with Gasteiger partial charge in [0.25, 0.3) is 0 Å². The van der Waals surface area contributed by atoms with Crippen LogP contribution in [0.5, 0.6) is 0 Å². The highest BCUT2D eigenvalue weighted by atomic mass is 35.5. The molecule has 3 aromatic heterocycles. The first-order valence-corrected chi connectivity index (χ1v) is 6.30. The first-order chi connectivity index (χ1) is 9.56. The standard InChI is InChI=1S/C14H11ClN4O/c1-19-11(3-9-7-18-13(15)4-12(9)19)8-2-10(14(16)20)6-17-5-8/h2-7H,1H3,(H2,16,20). The highest BCUT2D eigenvalue weighted by Gasteiger charge is 2.11. The lowest BCUT2D eigenvalue weighted by atomic mass is 10.1. The summed E-state index contributed by atoms with van der Waals surface area (Å²) in [6.07, 6.45) is 4.86. The van der Waals surface area contributed by atoms with Gasteiger partial charge in [-0.1, -0.05) is 11.6 Å². The molecule has 0 bridgehead atoms. The zero-order valence-electron chi connectivity index (χ0n) is 10.7. The first-order valence-electron chi connectivity index (χ1n) is 5.92. The number of carbonyl (C=O) groups excluding carboxylic acids is 1. The molecule has 0 fully saturated rings. The molecule has 2 N–H and O–H groups in total. The van der Waals surface area contributed by atoms with Gasteiger partial charge in [0.05, 0.1) is 16.8 Å². The van der Waals surface area contributed by atoms with Gasteiger partial charge in [-0.3, -0.25) is 9.78 Å². The van der Waals surface area contributed by atoms with Crippen molar-refractivity contribution in [1.82, 2.24) is 14.5 Å². The second-order valence-electron chi connectivity index (χ2n) is 4.48. The lowest BCUT2D eigenvalue weighted by Gasteiger charge is -2.05. The molecule has 0 aromatic carbocycles. The third kappa shape index (κ3) is 2.02. The molecule has 6 heteroatoms. The molecule has 0 aliphatic heterocycles. The van der Waals surface area contributed by atoms with E-state index in [9.17, 15) is 4.79 Å². The van der Waals surface area contributed by atoms with E-state index in [4.69, 9.17) is 17.3 Å². The van der Waals surface area contributed by atoms with Gasteiger partial charge in [0.1, 0.15) is 5.15 Å². The molecule has 0 atom stereocenters. The number of aromatic nitrogens is 3. The molecular weight excluding hydrogens is 276 g/mol. The number of rotatable bonds is 2. The summed E-state index contributed by atoms with van der Waals surface area (Å²) in [5.41, 5.74) is 8.35. The fourth-order valence-electron chi connectivity index (χ4n) is 2.20. The van der Waals surface area contributed by atoms with E-state index in [2.05, 4.69) is 9.97 Å². The number of carbonyl (C=O) groups is 1. The van der Waals surface area contributed by atoms with Crippen LogP contribution in [-0.4, -0.2) is 20.4 Å². The number of pyridine rings is 2. The summed E-state index contributed by atoms with van der Waals surface area (Å²) >= 11 is 5.91. The molecule has 3 aromatic rings. The van der Waals surface area contributed by atoms with E-state index in [-0.39, 0.29) is 0 Å². The van der Waals surface area contributed by atoms with Crippen LogP contribution in [0.1, 0.15) is 10.4 Å². The van der Waals surface area contributed by atoms with Gasteiger partial charge in [-0.25, -0.2) is 4.98 Å². The van der Waals surface area contributed by atoms with Gasteiger partial charge in [0, 0.05) is 36.6 Å². The Hall–Kier alpha value is -2.40. The summed E-state index contributed by atoms with van der Waals surface area (Å²) in [7, 11) is 1.92. The molecule has 3 heterocycles. The van der Waals surface area contributed by atoms with Crippen LogP contribution in [0, 0.1) is 0 Å². The van der Waals surface area contributed by atoms with Gasteiger partial charge >= 0.3 is 0 Å². The van der Waals surface area contributed by atoms with Crippen molar-refractivity contribution in [3.8, 4) is 11.3 Å². The lowest BCUT2D eigenvalue weighted by Crippen LogP contribution is -2.11. The van der Waals surface area contributed by atoms with Crippen LogP contribution < -0.4 is 5.73 Å². The van der Waals surface area contributed by atoms with E-state index in [0.29, 0.717) is 10.7 Å². The van der Waals surface area contributed by atoms with Gasteiger partial charge in [-0.15, -0.1) is 0 Å². The van der Waals surface area contributed by atoms with Crippen molar-refractivity contribution in [2.24, 2.45) is 12.8 Å². The Kier molecular flexibility index (Phi) is 2.91. The number of fused-ring (bicyclic) bond motifs is 1. The van der Waals surface area contributed by atoms with Gasteiger partial charge in [-0.2, -0.15) is 0 Å². The maximum atomic E-state index is 11.2. The average Bonchev–Trinajstić information content (AvgIpc) is 2.76. The minimum absolute atomic E-state index is 0.379. The Bertz CT molecular complexity index is 825. The zero-order valence-corrected chi connectivity index (χ0v) is 11.4. The van der Waals surface area contributed by atoms with Crippen molar-refractivity contribution in [2.75, 3.05) is 0 Å². The number of aryl methyl sites for hydroxylation is 1. The molecule has 3 rings (SSSR count). The molecule has 0 saturated heterocycles. The lowest BCUT2D eigenvalue weighted by molar-refractivity contribution is 0.1000. The fraction of sp³-hybridized carbons (Fsp3) is 0.0714. The molecule has 0 saturated carbocycles. The summed E-state index contributed by atoms with van der Waals surface area (Å²) in [6.45, 7) is 0. The van der Waals surface area contributed by atoms with Crippen molar-refractivity contribution >= 4 is 28.4 Å². The predicted octanol–water partition coefficient (Wildman–Crippen LogP) is 2.39. The fourth-order valence-corrected chi connectivity index (χ4v) is 2.35. The second kappa shape index (κ2) is 4.61. The highest BCUT2D eigenvalue weighted by molar-refractivity contribution is 6.30. The summed E-state index contributed by atoms with van der Waals surface area (Å²) in [5, 5.41) is 1.41. The van der Waals surface area contributed by atoms with Crippen molar-refractivity contribution in [3.05, 3.63) is 47.5 Å². The molecule has 0 aliphatic carbocycles. The van der Waals surface area contributed by atoms with Crippen LogP contribution in [0.2, 0.25) is 5.15 Å². The topological polar surface area (TPSA) is 73.8 Å². The van der Waals surface area contributed by atoms with Crippen LogP contribution in [0.3, 0.4) is 0 Å². The third-order valence-corrected chi connectivity index (χ3v) is 3.42. The number of hydrogen-bond donors (Lipinski definition) is 1. The maximum absolute atomic E-state index is 11.2. The molecular formula is C14H11ClN4O. The van der Waals surface area contributed by atoms with Crippen LogP contribution in [-0.2, 0) is 7.05 Å². The Morgan fingerprint density at radius 3 is 2.80 bits per heavy atom. The molecule has 5 nitrogen and oxygen atoms in total. The van der Waals surface area contributed by atoms with Gasteiger partial charge in [0.2, 0.25) is 5.91 Å². The monoisotopic (exact) mass is 286 g/mol. The predicted molar refractivity (Wildman–Crippen MR) is 77.5 cm³/mol. The minimum atomic E-state index is -0.497. The molecule has 1 amide bonds. The molecule has 0 unspecified atom stereocenters. The third-order valence-electron chi connectivity index (χ3n) is 3.21. The Labute approximate surface area is 120 Å². The van der Waals surface area contributed by atoms with E-state index in [0.717, 1.165) is 22.2 Å². The number of nitrogens with zero attached hydrogens (tertiary/aromatic N) is 3. The van der Waals surface area contributed by atoms with Gasteiger partial charge < -0.3 is 10.3 Å². The molecule has 100 valence electrons. The maximum Gasteiger partial charge on any atom is 0.250 e. The van der Waals surface area contributed by atoms with E-state index < -0.39 is 5.91 Å². The largest absolute Gasteiger partial charge is 0.366 e.